The number of anilines is 1. The molecule has 2 heterocycles. The summed E-state index contributed by atoms with van der Waals surface area (Å²) in [5.41, 5.74) is 3.69. The second-order valence-electron chi connectivity index (χ2n) is 7.37. The van der Waals surface area contributed by atoms with Gasteiger partial charge in [-0.3, -0.25) is 9.59 Å². The number of nitrogens with zero attached hydrogens (tertiary/aromatic N) is 1. The van der Waals surface area contributed by atoms with Gasteiger partial charge in [0.1, 0.15) is 0 Å². The molecule has 0 aromatic heterocycles. The summed E-state index contributed by atoms with van der Waals surface area (Å²) in [5, 5.41) is 3.05. The molecule has 1 N–H and O–H groups in total. The van der Waals surface area contributed by atoms with Gasteiger partial charge in [0.15, 0.2) is 11.5 Å². The first-order valence-corrected chi connectivity index (χ1v) is 9.59. The number of carbonyl (C=O) groups is 2. The van der Waals surface area contributed by atoms with Gasteiger partial charge in [-0.1, -0.05) is 12.1 Å². The van der Waals surface area contributed by atoms with Crippen LogP contribution in [0, 0.1) is 19.8 Å². The molecular formula is C22H24N2O4. The standard InChI is InChI=1S/C22H24N2O4/c1-14-4-3-5-18(15(14)2)23-21(25)16-8-10-24(11-9-16)22(26)17-6-7-19-20(12-17)28-13-27-19/h3-7,12,16H,8-11,13H2,1-2H3,(H,23,25). The SMILES string of the molecule is Cc1cccc(NC(=O)C2CCN(C(=O)c3ccc4c(c3)OCO4)CC2)c1C. The average molecular weight is 380 g/mol. The highest BCUT2D eigenvalue weighted by molar-refractivity contribution is 5.96. The maximum Gasteiger partial charge on any atom is 0.253 e. The van der Waals surface area contributed by atoms with Crippen molar-refractivity contribution in [1.82, 2.24) is 4.90 Å². The smallest absolute Gasteiger partial charge is 0.253 e. The van der Waals surface area contributed by atoms with E-state index in [1.165, 1.54) is 0 Å². The molecule has 2 amide bonds. The highest BCUT2D eigenvalue weighted by Crippen LogP contribution is 2.33. The second kappa shape index (κ2) is 7.54. The topological polar surface area (TPSA) is 67.9 Å². The summed E-state index contributed by atoms with van der Waals surface area (Å²) < 4.78 is 10.6. The van der Waals surface area contributed by atoms with Crippen LogP contribution in [0.3, 0.4) is 0 Å². The van der Waals surface area contributed by atoms with Crippen LogP contribution in [0.1, 0.15) is 34.3 Å². The van der Waals surface area contributed by atoms with Crippen LogP contribution in [0.25, 0.3) is 0 Å². The highest BCUT2D eigenvalue weighted by atomic mass is 16.7. The Morgan fingerprint density at radius 1 is 1.04 bits per heavy atom. The lowest BCUT2D eigenvalue weighted by atomic mass is 9.95. The van der Waals surface area contributed by atoms with E-state index in [0.29, 0.717) is 43.0 Å². The third-order valence-electron chi connectivity index (χ3n) is 5.63. The van der Waals surface area contributed by atoms with E-state index in [9.17, 15) is 9.59 Å². The molecule has 1 fully saturated rings. The number of carbonyl (C=O) groups excluding carboxylic acids is 2. The van der Waals surface area contributed by atoms with Gasteiger partial charge in [-0.2, -0.15) is 0 Å². The molecule has 2 aliphatic rings. The summed E-state index contributed by atoms with van der Waals surface area (Å²) in [5.74, 6) is 1.18. The van der Waals surface area contributed by atoms with Crippen molar-refractivity contribution in [3.63, 3.8) is 0 Å². The van der Waals surface area contributed by atoms with Gasteiger partial charge in [0.2, 0.25) is 12.7 Å². The Morgan fingerprint density at radius 3 is 2.57 bits per heavy atom. The van der Waals surface area contributed by atoms with Crippen LogP contribution in [0.4, 0.5) is 5.69 Å². The van der Waals surface area contributed by atoms with Crippen LogP contribution in [0.2, 0.25) is 0 Å². The van der Waals surface area contributed by atoms with Crippen molar-refractivity contribution in [1.29, 1.82) is 0 Å². The van der Waals surface area contributed by atoms with Gasteiger partial charge in [-0.15, -0.1) is 0 Å². The molecule has 0 saturated carbocycles. The molecule has 2 aliphatic heterocycles. The fraction of sp³-hybridized carbons (Fsp3) is 0.364. The molecule has 0 aliphatic carbocycles. The average Bonchev–Trinajstić information content (AvgIpc) is 3.19. The molecule has 1 saturated heterocycles. The number of hydrogen-bond acceptors (Lipinski definition) is 4. The van der Waals surface area contributed by atoms with E-state index < -0.39 is 0 Å². The summed E-state index contributed by atoms with van der Waals surface area (Å²) in [7, 11) is 0. The Hall–Kier alpha value is -3.02. The molecule has 0 radical (unpaired) electrons. The Bertz CT molecular complexity index is 917. The van der Waals surface area contributed by atoms with Crippen molar-refractivity contribution >= 4 is 17.5 Å². The zero-order chi connectivity index (χ0) is 19.7. The minimum Gasteiger partial charge on any atom is -0.454 e. The molecule has 2 aromatic carbocycles. The molecule has 146 valence electrons. The lowest BCUT2D eigenvalue weighted by Gasteiger charge is -2.31. The fourth-order valence-electron chi connectivity index (χ4n) is 3.68. The number of amides is 2. The predicted octanol–water partition coefficient (Wildman–Crippen LogP) is 3.52. The first-order chi connectivity index (χ1) is 13.5. The third kappa shape index (κ3) is 3.54. The van der Waals surface area contributed by atoms with E-state index in [4.69, 9.17) is 9.47 Å². The van der Waals surface area contributed by atoms with Gasteiger partial charge in [-0.05, 0) is 62.1 Å². The lowest BCUT2D eigenvalue weighted by Crippen LogP contribution is -2.41. The van der Waals surface area contributed by atoms with Crippen LogP contribution in [-0.4, -0.2) is 36.6 Å². The van der Waals surface area contributed by atoms with Crippen molar-refractivity contribution in [3.05, 3.63) is 53.1 Å². The summed E-state index contributed by atoms with van der Waals surface area (Å²) in [6.45, 7) is 5.37. The van der Waals surface area contributed by atoms with Gasteiger partial charge >= 0.3 is 0 Å². The molecule has 28 heavy (non-hydrogen) atoms. The number of aryl methyl sites for hydroxylation is 1. The number of likely N-dealkylation sites (tertiary alicyclic amines) is 1. The zero-order valence-electron chi connectivity index (χ0n) is 16.2. The summed E-state index contributed by atoms with van der Waals surface area (Å²) >= 11 is 0. The summed E-state index contributed by atoms with van der Waals surface area (Å²) in [6, 6.07) is 11.2. The Balaban J connectivity index is 1.35. The van der Waals surface area contributed by atoms with Gasteiger partial charge in [0, 0.05) is 30.3 Å². The number of fused-ring (bicyclic) bond motifs is 1. The highest BCUT2D eigenvalue weighted by Gasteiger charge is 2.29. The van der Waals surface area contributed by atoms with Crippen molar-refractivity contribution in [2.45, 2.75) is 26.7 Å². The molecule has 0 atom stereocenters. The van der Waals surface area contributed by atoms with E-state index in [2.05, 4.69) is 5.32 Å². The van der Waals surface area contributed by atoms with Crippen LogP contribution >= 0.6 is 0 Å². The van der Waals surface area contributed by atoms with Crippen LogP contribution in [0.15, 0.2) is 36.4 Å². The summed E-state index contributed by atoms with van der Waals surface area (Å²) in [6.07, 6.45) is 1.32. The predicted molar refractivity (Wildman–Crippen MR) is 106 cm³/mol. The number of ether oxygens (including phenoxy) is 2. The normalized spacial score (nSPS) is 16.1. The Morgan fingerprint density at radius 2 is 1.79 bits per heavy atom. The van der Waals surface area contributed by atoms with Gasteiger partial charge in [0.25, 0.3) is 5.91 Å². The largest absolute Gasteiger partial charge is 0.454 e. The second-order valence-corrected chi connectivity index (χ2v) is 7.37. The molecule has 6 nitrogen and oxygen atoms in total. The molecule has 2 aromatic rings. The molecule has 0 unspecified atom stereocenters. The number of benzene rings is 2. The van der Waals surface area contributed by atoms with Crippen LogP contribution in [0.5, 0.6) is 11.5 Å². The first-order valence-electron chi connectivity index (χ1n) is 9.59. The van der Waals surface area contributed by atoms with Crippen molar-refractivity contribution in [2.75, 3.05) is 25.2 Å². The quantitative estimate of drug-likeness (QED) is 0.885. The van der Waals surface area contributed by atoms with Gasteiger partial charge < -0.3 is 19.7 Å². The van der Waals surface area contributed by atoms with E-state index in [-0.39, 0.29) is 24.5 Å². The number of nitrogens with one attached hydrogen (secondary N) is 1. The molecule has 4 rings (SSSR count). The number of rotatable bonds is 3. The molecule has 0 spiro atoms. The van der Waals surface area contributed by atoms with Gasteiger partial charge in [-0.25, -0.2) is 0 Å². The maximum atomic E-state index is 12.8. The Labute approximate surface area is 164 Å². The maximum absolute atomic E-state index is 12.8. The van der Waals surface area contributed by atoms with E-state index in [0.717, 1.165) is 16.8 Å². The molecule has 6 heteroatoms. The number of piperidine rings is 1. The minimum absolute atomic E-state index is 0.0314. The number of hydrogen-bond donors (Lipinski definition) is 1. The van der Waals surface area contributed by atoms with E-state index in [1.54, 1.807) is 23.1 Å². The monoisotopic (exact) mass is 380 g/mol. The fourth-order valence-corrected chi connectivity index (χ4v) is 3.68. The third-order valence-corrected chi connectivity index (χ3v) is 5.63. The van der Waals surface area contributed by atoms with Crippen molar-refractivity contribution in [3.8, 4) is 11.5 Å². The lowest BCUT2D eigenvalue weighted by molar-refractivity contribution is -0.121. The van der Waals surface area contributed by atoms with Crippen molar-refractivity contribution < 1.29 is 19.1 Å². The van der Waals surface area contributed by atoms with Crippen LogP contribution in [-0.2, 0) is 4.79 Å². The first kappa shape index (κ1) is 18.3. The van der Waals surface area contributed by atoms with Crippen LogP contribution < -0.4 is 14.8 Å². The zero-order valence-corrected chi connectivity index (χ0v) is 16.2. The summed E-state index contributed by atoms with van der Waals surface area (Å²) in [4.78, 5) is 27.2. The van der Waals surface area contributed by atoms with E-state index in [1.807, 2.05) is 32.0 Å². The van der Waals surface area contributed by atoms with Gasteiger partial charge in [0.05, 0.1) is 0 Å². The molecule has 0 bridgehead atoms. The van der Waals surface area contributed by atoms with Crippen molar-refractivity contribution in [2.24, 2.45) is 5.92 Å². The van der Waals surface area contributed by atoms with E-state index >= 15 is 0 Å². The Kier molecular flexibility index (Phi) is 4.94. The minimum atomic E-state index is -0.0827. The molecular weight excluding hydrogens is 356 g/mol.